The van der Waals surface area contributed by atoms with Gasteiger partial charge in [0.15, 0.2) is 0 Å². The van der Waals surface area contributed by atoms with Crippen molar-refractivity contribution in [1.82, 2.24) is 0 Å². The molecule has 5 heavy (non-hydrogen) atoms. The van der Waals surface area contributed by atoms with Crippen LogP contribution in [0.15, 0.2) is 0 Å². The molecule has 0 unspecified atom stereocenters. The second-order valence-corrected chi connectivity index (χ2v) is 0.619. The molecule has 0 bridgehead atoms. The Balaban J connectivity index is 3.35. The number of carbonyl (C=O) groups excluding carboxylic acids is 1. The minimum Gasteiger partial charge on any atom is -0.197 e. The van der Waals surface area contributed by atoms with Gasteiger partial charge in [-0.2, -0.15) is 4.79 Å². The summed E-state index contributed by atoms with van der Waals surface area (Å²) in [6.45, 7) is 1.17. The summed E-state index contributed by atoms with van der Waals surface area (Å²) in [5.41, 5.74) is 0. The van der Waals surface area contributed by atoms with Gasteiger partial charge in [0.05, 0.1) is 6.92 Å². The Kier molecular flexibility index (Phi) is 1.16. The molecule has 0 N–H and O–H groups in total. The normalized spacial score (nSPS) is 5.60. The quantitative estimate of drug-likeness (QED) is 0.387. The van der Waals surface area contributed by atoms with Crippen LogP contribution in [-0.4, -0.2) is 5.91 Å². The van der Waals surface area contributed by atoms with E-state index in [1.165, 1.54) is 6.92 Å². The molecule has 0 radical (unpaired) electrons. The highest BCUT2D eigenvalue weighted by molar-refractivity contribution is 5.82. The lowest BCUT2D eigenvalue weighted by Crippen LogP contribution is -1.70. The van der Waals surface area contributed by atoms with Gasteiger partial charge in [0, 0.05) is 0 Å². The van der Waals surface area contributed by atoms with Crippen LogP contribution in [0.25, 0.3) is 4.98 Å². The average Bonchev–Trinajstić information content (AvgIpc) is 1.38. The predicted molar refractivity (Wildman–Crippen MR) is 15.8 cm³/mol. The van der Waals surface area contributed by atoms with Crippen LogP contribution in [0.2, 0.25) is 0 Å². The van der Waals surface area contributed by atoms with Crippen molar-refractivity contribution in [2.75, 3.05) is 0 Å². The Morgan fingerprint density at radius 2 is 2.20 bits per heavy atom. The smallest absolute Gasteiger partial charge is 0.197 e. The van der Waals surface area contributed by atoms with Gasteiger partial charge in [-0.3, -0.25) is 0 Å². The van der Waals surface area contributed by atoms with Crippen LogP contribution in [0.3, 0.4) is 0 Å². The van der Waals surface area contributed by atoms with Crippen LogP contribution in [-0.2, 0) is 4.79 Å². The van der Waals surface area contributed by atoms with Gasteiger partial charge in [-0.05, 0) is 0 Å². The number of diazo groups is 1. The van der Waals surface area contributed by atoms with E-state index in [0.29, 0.717) is 0 Å². The van der Waals surface area contributed by atoms with Gasteiger partial charge in [0.25, 0.3) is 0 Å². The molecule has 0 heterocycles. The first-order chi connectivity index (χ1) is 2.27. The van der Waals surface area contributed by atoms with Gasteiger partial charge in [-0.1, -0.05) is 0 Å². The van der Waals surface area contributed by atoms with Crippen molar-refractivity contribution >= 4 is 5.91 Å². The lowest BCUT2D eigenvalue weighted by Gasteiger charge is -1.33. The molecule has 0 rings (SSSR count). The lowest BCUT2D eigenvalue weighted by atomic mass is 10.8. The first kappa shape index (κ1) is 4.09. The lowest BCUT2D eigenvalue weighted by molar-refractivity contribution is -0.113. The second kappa shape index (κ2) is 1.41. The van der Waals surface area contributed by atoms with Crippen molar-refractivity contribution in [3.63, 3.8) is 0 Å². The molecule has 1 amide bonds. The van der Waals surface area contributed by atoms with E-state index >= 15 is 0 Å². The molecule has 0 saturated carbocycles. The Labute approximate surface area is 29.2 Å². The third-order valence-electron chi connectivity index (χ3n) is 0.141. The fourth-order valence-electron chi connectivity index (χ4n) is 0. The number of nitrogens with zero attached hydrogens (tertiary/aromatic N) is 2. The van der Waals surface area contributed by atoms with Gasteiger partial charge in [-0.25, -0.2) is 0 Å². The first-order valence-electron chi connectivity index (χ1n) is 1.13. The molecular weight excluding hydrogens is 68.0 g/mol. The van der Waals surface area contributed by atoms with E-state index in [1.807, 2.05) is 0 Å². The third kappa shape index (κ3) is 3.09. The second-order valence-electron chi connectivity index (χ2n) is 0.619. The average molecular weight is 71.1 g/mol. The molecule has 26 valence electrons. The fourth-order valence-corrected chi connectivity index (χ4v) is 0. The Hall–Kier alpha value is -0.910. The SMILES string of the molecule is CC(=O)[N+]#N. The van der Waals surface area contributed by atoms with Crippen molar-refractivity contribution < 1.29 is 4.79 Å². The molecule has 0 aliphatic carbocycles. The molecule has 0 aliphatic rings. The third-order valence-corrected chi connectivity index (χ3v) is 0.141. The van der Waals surface area contributed by atoms with E-state index in [4.69, 9.17) is 5.39 Å². The maximum Gasteiger partial charge on any atom is 0.557 e. The minimum atomic E-state index is -0.565. The monoisotopic (exact) mass is 71.0 g/mol. The van der Waals surface area contributed by atoms with Crippen molar-refractivity contribution in [2.45, 2.75) is 6.92 Å². The van der Waals surface area contributed by atoms with E-state index in [0.717, 1.165) is 0 Å². The van der Waals surface area contributed by atoms with E-state index < -0.39 is 5.91 Å². The largest absolute Gasteiger partial charge is 0.557 e. The molecule has 0 aromatic carbocycles. The van der Waals surface area contributed by atoms with Crippen molar-refractivity contribution in [2.24, 2.45) is 0 Å². The van der Waals surface area contributed by atoms with Crippen LogP contribution in [0.5, 0.6) is 0 Å². The van der Waals surface area contributed by atoms with Crippen LogP contribution in [0.4, 0.5) is 0 Å². The maximum atomic E-state index is 9.40. The summed E-state index contributed by atoms with van der Waals surface area (Å²) in [6.07, 6.45) is 0. The van der Waals surface area contributed by atoms with E-state index in [1.54, 1.807) is 0 Å². The summed E-state index contributed by atoms with van der Waals surface area (Å²) in [5.74, 6) is -0.565. The van der Waals surface area contributed by atoms with Crippen LogP contribution in [0.1, 0.15) is 6.92 Å². The summed E-state index contributed by atoms with van der Waals surface area (Å²) in [7, 11) is 0. The number of hydrogen-bond donors (Lipinski definition) is 0. The molecule has 0 fully saturated rings. The zero-order chi connectivity index (χ0) is 4.28. The van der Waals surface area contributed by atoms with E-state index in [2.05, 4.69) is 4.98 Å². The zero-order valence-electron chi connectivity index (χ0n) is 2.80. The molecule has 3 nitrogen and oxygen atoms in total. The van der Waals surface area contributed by atoms with Gasteiger partial charge >= 0.3 is 5.91 Å². The number of rotatable bonds is 0. The van der Waals surface area contributed by atoms with Gasteiger partial charge in [0.2, 0.25) is 10.4 Å². The maximum absolute atomic E-state index is 9.40. The van der Waals surface area contributed by atoms with E-state index in [-0.39, 0.29) is 0 Å². The summed E-state index contributed by atoms with van der Waals surface area (Å²) in [6, 6.07) is 0. The zero-order valence-corrected chi connectivity index (χ0v) is 2.80. The topological polar surface area (TPSA) is 45.2 Å². The summed E-state index contributed by atoms with van der Waals surface area (Å²) in [5, 5.41) is 7.42. The molecule has 0 spiro atoms. The van der Waals surface area contributed by atoms with Gasteiger partial charge < -0.3 is 0 Å². The molecule has 0 saturated heterocycles. The predicted octanol–water partition coefficient (Wildman–Crippen LogP) is 0.386. The Morgan fingerprint density at radius 1 is 2.00 bits per heavy atom. The van der Waals surface area contributed by atoms with Crippen LogP contribution in [0, 0.1) is 5.39 Å². The van der Waals surface area contributed by atoms with E-state index in [9.17, 15) is 4.79 Å². The highest BCUT2D eigenvalue weighted by Gasteiger charge is 1.96. The van der Waals surface area contributed by atoms with Crippen molar-refractivity contribution in [3.05, 3.63) is 4.98 Å². The van der Waals surface area contributed by atoms with Crippen LogP contribution < -0.4 is 0 Å². The molecule has 0 aliphatic heterocycles. The summed E-state index contributed by atoms with van der Waals surface area (Å²) in [4.78, 5) is 11.6. The highest BCUT2D eigenvalue weighted by atomic mass is 16.1. The van der Waals surface area contributed by atoms with Crippen molar-refractivity contribution in [1.29, 1.82) is 5.39 Å². The summed E-state index contributed by atoms with van der Waals surface area (Å²) < 4.78 is 0. The molecule has 0 atom stereocenters. The number of carbonyl (C=O) groups is 1. The highest BCUT2D eigenvalue weighted by Crippen LogP contribution is 1.60. The Morgan fingerprint density at radius 3 is 2.20 bits per heavy atom. The summed E-state index contributed by atoms with van der Waals surface area (Å²) >= 11 is 0. The number of hydrogen-bond acceptors (Lipinski definition) is 2. The molecule has 3 heteroatoms. The molecule has 0 aromatic rings. The van der Waals surface area contributed by atoms with Gasteiger partial charge in [0.1, 0.15) is 0 Å². The van der Waals surface area contributed by atoms with Crippen LogP contribution >= 0.6 is 0 Å². The standard InChI is InChI=1S/C2H3N2O/c1-2(5)4-3/h1H3/q+1. The molecule has 0 aromatic heterocycles. The Bertz CT molecular complexity index is 80.1. The fraction of sp³-hybridized carbons (Fsp3) is 0.500. The van der Waals surface area contributed by atoms with Gasteiger partial charge in [-0.15, -0.1) is 0 Å². The minimum absolute atomic E-state index is 0.565. The first-order valence-corrected chi connectivity index (χ1v) is 1.13. The number of amides is 1. The molecular formula is C2H3N2O+. The van der Waals surface area contributed by atoms with Crippen molar-refractivity contribution in [3.8, 4) is 0 Å².